The first kappa shape index (κ1) is 12.4. The summed E-state index contributed by atoms with van der Waals surface area (Å²) in [6.45, 7) is 1.67. The van der Waals surface area contributed by atoms with Crippen molar-refractivity contribution >= 4 is 5.97 Å². The zero-order valence-corrected chi connectivity index (χ0v) is 9.69. The zero-order chi connectivity index (χ0) is 12.1. The average molecular weight is 224 g/mol. The molecule has 0 saturated heterocycles. The molecule has 0 radical (unpaired) electrons. The van der Waals surface area contributed by atoms with Crippen molar-refractivity contribution < 1.29 is 19.4 Å². The van der Waals surface area contributed by atoms with Gasteiger partial charge in [-0.15, -0.1) is 0 Å². The first-order valence-corrected chi connectivity index (χ1v) is 5.01. The van der Waals surface area contributed by atoms with Crippen LogP contribution in [0, 0.1) is 5.92 Å². The predicted molar refractivity (Wildman–Crippen MR) is 60.0 cm³/mol. The van der Waals surface area contributed by atoms with Gasteiger partial charge in [0.25, 0.3) is 0 Å². The highest BCUT2D eigenvalue weighted by Crippen LogP contribution is 2.24. The molecule has 1 aromatic rings. The minimum atomic E-state index is -0.804. The third-order valence-corrected chi connectivity index (χ3v) is 2.37. The van der Waals surface area contributed by atoms with Crippen molar-refractivity contribution in [2.45, 2.75) is 13.3 Å². The molecule has 4 nitrogen and oxygen atoms in total. The van der Waals surface area contributed by atoms with Crippen LogP contribution in [0.2, 0.25) is 0 Å². The Morgan fingerprint density at radius 2 is 1.75 bits per heavy atom. The summed E-state index contributed by atoms with van der Waals surface area (Å²) in [5.41, 5.74) is 0.895. The largest absolute Gasteiger partial charge is 0.497 e. The van der Waals surface area contributed by atoms with Gasteiger partial charge in [-0.05, 0) is 24.1 Å². The summed E-state index contributed by atoms with van der Waals surface area (Å²) < 4.78 is 10.2. The number of carbonyl (C=O) groups is 1. The molecule has 1 unspecified atom stereocenters. The molecule has 1 aromatic carbocycles. The van der Waals surface area contributed by atoms with E-state index in [9.17, 15) is 4.79 Å². The van der Waals surface area contributed by atoms with E-state index in [0.29, 0.717) is 17.9 Å². The van der Waals surface area contributed by atoms with E-state index in [1.807, 2.05) is 12.1 Å². The third kappa shape index (κ3) is 3.15. The van der Waals surface area contributed by atoms with Gasteiger partial charge >= 0.3 is 5.97 Å². The summed E-state index contributed by atoms with van der Waals surface area (Å²) in [6.07, 6.45) is 0.461. The Morgan fingerprint density at radius 3 is 2.12 bits per heavy atom. The van der Waals surface area contributed by atoms with Crippen LogP contribution in [0.4, 0.5) is 0 Å². The second-order valence-electron chi connectivity index (χ2n) is 3.66. The molecule has 1 rings (SSSR count). The predicted octanol–water partition coefficient (Wildman–Crippen LogP) is 1.97. The molecule has 0 aliphatic heterocycles. The Hall–Kier alpha value is -1.71. The first-order chi connectivity index (χ1) is 7.56. The van der Waals surface area contributed by atoms with Gasteiger partial charge in [0.2, 0.25) is 0 Å². The monoisotopic (exact) mass is 224 g/mol. The Balaban J connectivity index is 2.90. The molecule has 4 heteroatoms. The van der Waals surface area contributed by atoms with E-state index >= 15 is 0 Å². The van der Waals surface area contributed by atoms with Gasteiger partial charge in [-0.25, -0.2) is 0 Å². The van der Waals surface area contributed by atoms with Gasteiger partial charge in [0, 0.05) is 6.07 Å². The van der Waals surface area contributed by atoms with E-state index in [1.54, 1.807) is 27.2 Å². The lowest BCUT2D eigenvalue weighted by Crippen LogP contribution is -2.12. The van der Waals surface area contributed by atoms with Crippen molar-refractivity contribution in [3.8, 4) is 11.5 Å². The van der Waals surface area contributed by atoms with E-state index in [2.05, 4.69) is 0 Å². The maximum atomic E-state index is 10.8. The topological polar surface area (TPSA) is 55.8 Å². The summed E-state index contributed by atoms with van der Waals surface area (Å²) in [4.78, 5) is 10.8. The molecule has 0 bridgehead atoms. The number of carboxylic acid groups (broad SMARTS) is 1. The summed E-state index contributed by atoms with van der Waals surface area (Å²) >= 11 is 0. The molecule has 1 atom stereocenters. The van der Waals surface area contributed by atoms with Crippen LogP contribution >= 0.6 is 0 Å². The molecule has 0 fully saturated rings. The van der Waals surface area contributed by atoms with Gasteiger partial charge in [0.05, 0.1) is 20.1 Å². The lowest BCUT2D eigenvalue weighted by molar-refractivity contribution is -0.141. The molecule has 0 amide bonds. The van der Waals surface area contributed by atoms with Crippen LogP contribution in [0.1, 0.15) is 12.5 Å². The van der Waals surface area contributed by atoms with Crippen LogP contribution in [0.25, 0.3) is 0 Å². The minimum absolute atomic E-state index is 0.420. The first-order valence-electron chi connectivity index (χ1n) is 5.01. The number of rotatable bonds is 5. The highest BCUT2D eigenvalue weighted by molar-refractivity contribution is 5.70. The Bertz CT molecular complexity index is 351. The quantitative estimate of drug-likeness (QED) is 0.830. The number of aliphatic carboxylic acids is 1. The van der Waals surface area contributed by atoms with Crippen LogP contribution in [0.15, 0.2) is 18.2 Å². The molecule has 0 saturated carbocycles. The molecule has 16 heavy (non-hydrogen) atoms. The zero-order valence-electron chi connectivity index (χ0n) is 9.69. The maximum Gasteiger partial charge on any atom is 0.306 e. The molecule has 0 aliphatic rings. The SMILES string of the molecule is COc1cc(CC(C)C(=O)O)cc(OC)c1. The number of ether oxygens (including phenoxy) is 2. The Labute approximate surface area is 94.8 Å². The number of carboxylic acids is 1. The van der Waals surface area contributed by atoms with Crippen molar-refractivity contribution in [1.29, 1.82) is 0 Å². The van der Waals surface area contributed by atoms with Gasteiger partial charge in [-0.3, -0.25) is 4.79 Å². The Morgan fingerprint density at radius 1 is 1.25 bits per heavy atom. The molecule has 0 spiro atoms. The fourth-order valence-electron chi connectivity index (χ4n) is 1.43. The van der Waals surface area contributed by atoms with Gasteiger partial charge in [-0.2, -0.15) is 0 Å². The van der Waals surface area contributed by atoms with Crippen molar-refractivity contribution in [2.24, 2.45) is 5.92 Å². The van der Waals surface area contributed by atoms with Crippen molar-refractivity contribution in [2.75, 3.05) is 14.2 Å². The Kier molecular flexibility index (Phi) is 4.17. The van der Waals surface area contributed by atoms with E-state index in [4.69, 9.17) is 14.6 Å². The van der Waals surface area contributed by atoms with Gasteiger partial charge in [-0.1, -0.05) is 6.92 Å². The summed E-state index contributed by atoms with van der Waals surface area (Å²) in [5.74, 6) is 0.123. The second-order valence-corrected chi connectivity index (χ2v) is 3.66. The molecule has 0 heterocycles. The van der Waals surface area contributed by atoms with Gasteiger partial charge in [0.15, 0.2) is 0 Å². The van der Waals surface area contributed by atoms with Crippen molar-refractivity contribution in [1.82, 2.24) is 0 Å². The third-order valence-electron chi connectivity index (χ3n) is 2.37. The average Bonchev–Trinajstić information content (AvgIpc) is 2.28. The van der Waals surface area contributed by atoms with Gasteiger partial charge < -0.3 is 14.6 Å². The van der Waals surface area contributed by atoms with Crippen molar-refractivity contribution in [3.05, 3.63) is 23.8 Å². The van der Waals surface area contributed by atoms with Crippen LogP contribution < -0.4 is 9.47 Å². The highest BCUT2D eigenvalue weighted by Gasteiger charge is 2.12. The standard InChI is InChI=1S/C12H16O4/c1-8(12(13)14)4-9-5-10(15-2)7-11(6-9)16-3/h5-8H,4H2,1-3H3,(H,13,14). The van der Waals surface area contributed by atoms with Crippen LogP contribution in [0.5, 0.6) is 11.5 Å². The summed E-state index contributed by atoms with van der Waals surface area (Å²) in [5, 5.41) is 8.83. The molecule has 0 aromatic heterocycles. The molecule has 1 N–H and O–H groups in total. The normalized spacial score (nSPS) is 11.9. The minimum Gasteiger partial charge on any atom is -0.497 e. The molecular weight excluding hydrogens is 208 g/mol. The number of hydrogen-bond acceptors (Lipinski definition) is 3. The smallest absolute Gasteiger partial charge is 0.306 e. The lowest BCUT2D eigenvalue weighted by atomic mass is 10.0. The van der Waals surface area contributed by atoms with E-state index < -0.39 is 11.9 Å². The number of methoxy groups -OCH3 is 2. The summed E-state index contributed by atoms with van der Waals surface area (Å²) in [6, 6.07) is 5.40. The maximum absolute atomic E-state index is 10.8. The summed E-state index contributed by atoms with van der Waals surface area (Å²) in [7, 11) is 3.14. The fraction of sp³-hybridized carbons (Fsp3) is 0.417. The van der Waals surface area contributed by atoms with Crippen LogP contribution in [0.3, 0.4) is 0 Å². The van der Waals surface area contributed by atoms with E-state index in [-0.39, 0.29) is 0 Å². The van der Waals surface area contributed by atoms with E-state index in [0.717, 1.165) is 5.56 Å². The van der Waals surface area contributed by atoms with Gasteiger partial charge in [0.1, 0.15) is 11.5 Å². The van der Waals surface area contributed by atoms with Crippen LogP contribution in [-0.4, -0.2) is 25.3 Å². The molecule has 0 aliphatic carbocycles. The highest BCUT2D eigenvalue weighted by atomic mass is 16.5. The van der Waals surface area contributed by atoms with E-state index in [1.165, 1.54) is 0 Å². The number of hydrogen-bond donors (Lipinski definition) is 1. The lowest BCUT2D eigenvalue weighted by Gasteiger charge is -2.10. The molecular formula is C12H16O4. The van der Waals surface area contributed by atoms with Crippen LogP contribution in [-0.2, 0) is 11.2 Å². The molecule has 88 valence electrons. The fourth-order valence-corrected chi connectivity index (χ4v) is 1.43. The number of benzene rings is 1. The second kappa shape index (κ2) is 5.39. The van der Waals surface area contributed by atoms with Crippen molar-refractivity contribution in [3.63, 3.8) is 0 Å².